The molecule has 0 heterocycles. The van der Waals surface area contributed by atoms with E-state index in [2.05, 4.69) is 34.6 Å². The maximum absolute atomic E-state index is 12.7. The van der Waals surface area contributed by atoms with Crippen LogP contribution in [0.2, 0.25) is 0 Å². The lowest BCUT2D eigenvalue weighted by Crippen LogP contribution is -2.30. The number of unbranched alkanes of at least 4 members (excludes halogenated alkanes) is 27. The van der Waals surface area contributed by atoms with Gasteiger partial charge < -0.3 is 14.2 Å². The molecule has 0 aromatic carbocycles. The van der Waals surface area contributed by atoms with Crippen LogP contribution in [0.1, 0.15) is 272 Å². The third kappa shape index (κ3) is 40.6. The van der Waals surface area contributed by atoms with Gasteiger partial charge in [0.25, 0.3) is 0 Å². The first kappa shape index (κ1) is 54.4. The Balaban J connectivity index is 4.25. The molecular weight excluding hydrogens is 697 g/mol. The summed E-state index contributed by atoms with van der Waals surface area (Å²) in [6.45, 7) is 11.3. The Hall–Kier alpha value is -1.59. The summed E-state index contributed by atoms with van der Waals surface area (Å²) in [6, 6.07) is 0. The van der Waals surface area contributed by atoms with Crippen molar-refractivity contribution in [3.05, 3.63) is 0 Å². The van der Waals surface area contributed by atoms with Crippen molar-refractivity contribution in [2.45, 2.75) is 278 Å². The SMILES string of the molecule is CCCCCCCCCCCCCCCCCCCCC(=O)OC[C@@H](COC(=O)CCCCCCCCC(C)CC)OC(=O)CCCCCCCCC(C)CC. The molecule has 0 radical (unpaired) electrons. The number of carbonyl (C=O) groups excluding carboxylic acids is 3. The third-order valence-corrected chi connectivity index (χ3v) is 11.9. The van der Waals surface area contributed by atoms with E-state index >= 15 is 0 Å². The molecule has 0 saturated carbocycles. The molecule has 0 fully saturated rings. The number of esters is 3. The van der Waals surface area contributed by atoms with Crippen LogP contribution in [0.25, 0.3) is 0 Å². The lowest BCUT2D eigenvalue weighted by molar-refractivity contribution is -0.167. The molecule has 0 spiro atoms. The van der Waals surface area contributed by atoms with Gasteiger partial charge in [0.2, 0.25) is 0 Å². The first-order valence-electron chi connectivity index (χ1n) is 24.8. The van der Waals surface area contributed by atoms with Gasteiger partial charge in [-0.1, -0.05) is 234 Å². The molecule has 0 aromatic rings. The highest BCUT2D eigenvalue weighted by Crippen LogP contribution is 2.18. The Morgan fingerprint density at radius 3 is 0.929 bits per heavy atom. The van der Waals surface area contributed by atoms with Crippen molar-refractivity contribution in [1.82, 2.24) is 0 Å². The highest BCUT2D eigenvalue weighted by atomic mass is 16.6. The zero-order chi connectivity index (χ0) is 41.2. The number of hydrogen-bond donors (Lipinski definition) is 0. The fourth-order valence-electron chi connectivity index (χ4n) is 7.39. The Morgan fingerprint density at radius 2 is 0.625 bits per heavy atom. The Kier molecular flexibility index (Phi) is 41.8. The second-order valence-electron chi connectivity index (χ2n) is 17.6. The van der Waals surface area contributed by atoms with Crippen LogP contribution in [0.3, 0.4) is 0 Å². The average Bonchev–Trinajstić information content (AvgIpc) is 3.19. The molecule has 0 aliphatic carbocycles. The predicted molar refractivity (Wildman–Crippen MR) is 238 cm³/mol. The number of hydrogen-bond acceptors (Lipinski definition) is 6. The van der Waals surface area contributed by atoms with E-state index in [-0.39, 0.29) is 31.1 Å². The Bertz CT molecular complexity index is 858. The van der Waals surface area contributed by atoms with Gasteiger partial charge in [-0.05, 0) is 31.1 Å². The molecule has 332 valence electrons. The molecule has 6 nitrogen and oxygen atoms in total. The molecule has 3 atom stereocenters. The van der Waals surface area contributed by atoms with E-state index in [1.54, 1.807) is 0 Å². The largest absolute Gasteiger partial charge is 0.462 e. The van der Waals surface area contributed by atoms with Gasteiger partial charge in [-0.15, -0.1) is 0 Å². The Morgan fingerprint density at radius 1 is 0.357 bits per heavy atom. The molecule has 0 rings (SSSR count). The lowest BCUT2D eigenvalue weighted by Gasteiger charge is -2.18. The highest BCUT2D eigenvalue weighted by Gasteiger charge is 2.19. The Labute approximate surface area is 348 Å². The molecule has 2 unspecified atom stereocenters. The molecule has 0 aliphatic heterocycles. The van der Waals surface area contributed by atoms with Gasteiger partial charge in [0.1, 0.15) is 13.2 Å². The normalized spacial score (nSPS) is 13.0. The summed E-state index contributed by atoms with van der Waals surface area (Å²) in [5.74, 6) is 0.765. The van der Waals surface area contributed by atoms with Crippen molar-refractivity contribution in [1.29, 1.82) is 0 Å². The first-order valence-corrected chi connectivity index (χ1v) is 24.8. The van der Waals surface area contributed by atoms with Crippen molar-refractivity contribution in [2.75, 3.05) is 13.2 Å². The van der Waals surface area contributed by atoms with Crippen LogP contribution < -0.4 is 0 Å². The standard InChI is InChI=1S/C50H96O6/c1-6-9-10-11-12-13-14-15-16-17-18-19-20-21-22-23-30-35-40-48(51)54-43-47(56-50(53)42-37-32-27-25-29-34-39-46(5)8-3)44-55-49(52)41-36-31-26-24-28-33-38-45(4)7-2/h45-47H,6-44H2,1-5H3/t45?,46?,47-/m0/s1. The second kappa shape index (κ2) is 43.0. The van der Waals surface area contributed by atoms with Crippen LogP contribution in [0, 0.1) is 11.8 Å². The van der Waals surface area contributed by atoms with Gasteiger partial charge in [-0.2, -0.15) is 0 Å². The van der Waals surface area contributed by atoms with E-state index in [0.717, 1.165) is 69.6 Å². The summed E-state index contributed by atoms with van der Waals surface area (Å²) < 4.78 is 16.7. The van der Waals surface area contributed by atoms with Crippen molar-refractivity contribution in [3.63, 3.8) is 0 Å². The summed E-state index contributed by atoms with van der Waals surface area (Å²) in [4.78, 5) is 37.8. The van der Waals surface area contributed by atoms with Gasteiger partial charge in [-0.25, -0.2) is 0 Å². The number of rotatable bonds is 44. The van der Waals surface area contributed by atoms with Crippen molar-refractivity contribution in [2.24, 2.45) is 11.8 Å². The van der Waals surface area contributed by atoms with Crippen molar-refractivity contribution in [3.8, 4) is 0 Å². The summed E-state index contributed by atoms with van der Waals surface area (Å²) in [5, 5.41) is 0. The quantitative estimate of drug-likeness (QED) is 0.0347. The molecule has 0 N–H and O–H groups in total. The van der Waals surface area contributed by atoms with Gasteiger partial charge in [0, 0.05) is 19.3 Å². The first-order chi connectivity index (χ1) is 27.3. The summed E-state index contributed by atoms with van der Waals surface area (Å²) >= 11 is 0. The molecular formula is C50H96O6. The van der Waals surface area contributed by atoms with Crippen LogP contribution in [-0.2, 0) is 28.6 Å². The topological polar surface area (TPSA) is 78.9 Å². The second-order valence-corrected chi connectivity index (χ2v) is 17.6. The van der Waals surface area contributed by atoms with E-state index in [1.807, 2.05) is 0 Å². The van der Waals surface area contributed by atoms with Crippen LogP contribution in [0.4, 0.5) is 0 Å². The van der Waals surface area contributed by atoms with E-state index in [9.17, 15) is 14.4 Å². The number of ether oxygens (including phenoxy) is 3. The molecule has 56 heavy (non-hydrogen) atoms. The minimum Gasteiger partial charge on any atom is -0.462 e. The van der Waals surface area contributed by atoms with E-state index in [4.69, 9.17) is 14.2 Å². The van der Waals surface area contributed by atoms with E-state index in [1.165, 1.54) is 161 Å². The minimum atomic E-state index is -0.762. The summed E-state index contributed by atoms with van der Waals surface area (Å²) in [5.41, 5.74) is 0. The fourth-order valence-corrected chi connectivity index (χ4v) is 7.39. The van der Waals surface area contributed by atoms with Gasteiger partial charge in [-0.3, -0.25) is 14.4 Å². The highest BCUT2D eigenvalue weighted by molar-refractivity contribution is 5.71. The van der Waals surface area contributed by atoms with E-state index in [0.29, 0.717) is 19.3 Å². The molecule has 0 aliphatic rings. The summed E-state index contributed by atoms with van der Waals surface area (Å²) in [7, 11) is 0. The molecule has 0 amide bonds. The van der Waals surface area contributed by atoms with Gasteiger partial charge >= 0.3 is 17.9 Å². The van der Waals surface area contributed by atoms with Crippen molar-refractivity contribution < 1.29 is 28.6 Å². The number of carbonyl (C=O) groups is 3. The zero-order valence-corrected chi connectivity index (χ0v) is 38.3. The molecule has 6 heteroatoms. The average molecular weight is 793 g/mol. The summed E-state index contributed by atoms with van der Waals surface area (Å²) in [6.07, 6.45) is 42.4. The van der Waals surface area contributed by atoms with Crippen LogP contribution >= 0.6 is 0 Å². The maximum Gasteiger partial charge on any atom is 0.306 e. The monoisotopic (exact) mass is 793 g/mol. The van der Waals surface area contributed by atoms with Crippen LogP contribution in [0.5, 0.6) is 0 Å². The molecule has 0 saturated heterocycles. The van der Waals surface area contributed by atoms with Crippen LogP contribution in [-0.4, -0.2) is 37.2 Å². The molecule has 0 aromatic heterocycles. The maximum atomic E-state index is 12.7. The molecule has 0 bridgehead atoms. The van der Waals surface area contributed by atoms with Gasteiger partial charge in [0.05, 0.1) is 0 Å². The minimum absolute atomic E-state index is 0.0657. The van der Waals surface area contributed by atoms with Crippen LogP contribution in [0.15, 0.2) is 0 Å². The van der Waals surface area contributed by atoms with Gasteiger partial charge in [0.15, 0.2) is 6.10 Å². The fraction of sp³-hybridized carbons (Fsp3) is 0.940. The third-order valence-electron chi connectivity index (χ3n) is 11.9. The smallest absolute Gasteiger partial charge is 0.306 e. The lowest BCUT2D eigenvalue weighted by atomic mass is 10.00. The predicted octanol–water partition coefficient (Wildman–Crippen LogP) is 15.8. The van der Waals surface area contributed by atoms with Crippen molar-refractivity contribution >= 4 is 17.9 Å². The van der Waals surface area contributed by atoms with E-state index < -0.39 is 6.10 Å². The zero-order valence-electron chi connectivity index (χ0n) is 38.3.